The first-order chi connectivity index (χ1) is 5.29. The van der Waals surface area contributed by atoms with Crippen LogP contribution in [0.3, 0.4) is 0 Å². The van der Waals surface area contributed by atoms with Gasteiger partial charge in [0.25, 0.3) is 0 Å². The lowest BCUT2D eigenvalue weighted by Gasteiger charge is -1.96. The lowest BCUT2D eigenvalue weighted by atomic mass is 10.1. The Kier molecular flexibility index (Phi) is 1.81. The van der Waals surface area contributed by atoms with Crippen LogP contribution < -0.4 is 0 Å². The summed E-state index contributed by atoms with van der Waals surface area (Å²) in [4.78, 5) is 0. The van der Waals surface area contributed by atoms with Crippen LogP contribution in [0.25, 0.3) is 0 Å². The van der Waals surface area contributed by atoms with Crippen LogP contribution in [0, 0.1) is 23.7 Å². The summed E-state index contributed by atoms with van der Waals surface area (Å²) in [6, 6.07) is 6.55. The van der Waals surface area contributed by atoms with E-state index in [0.29, 0.717) is 5.56 Å². The molecule has 1 rings (SSSR count). The average molecular weight is 143 g/mol. The molecule has 52 valence electrons. The van der Waals surface area contributed by atoms with Gasteiger partial charge in [0.2, 0.25) is 0 Å². The predicted molar refractivity (Wildman–Crippen MR) is 40.8 cm³/mol. The molecule has 0 bridgehead atoms. The van der Waals surface area contributed by atoms with Gasteiger partial charge in [-0.15, -0.1) is 6.42 Å². The van der Waals surface area contributed by atoms with E-state index in [2.05, 4.69) is 5.92 Å². The minimum Gasteiger partial charge on any atom is -0.505 e. The average Bonchev–Trinajstić information content (AvgIpc) is 2.05. The zero-order chi connectivity index (χ0) is 8.27. The molecule has 2 nitrogen and oxygen atoms in total. The number of hydrogen-bond acceptors (Lipinski definition) is 2. The Balaban J connectivity index is 3.38. The second-order valence-corrected chi connectivity index (χ2v) is 1.96. The lowest BCUT2D eigenvalue weighted by molar-refractivity contribution is 0.472. The summed E-state index contributed by atoms with van der Waals surface area (Å²) in [6.07, 6.45) is 5.05. The molecule has 0 radical (unpaired) electrons. The fourth-order valence-electron chi connectivity index (χ4n) is 0.750. The molecule has 0 amide bonds. The molecule has 0 saturated carbocycles. The Morgan fingerprint density at radius 1 is 1.36 bits per heavy atom. The summed E-state index contributed by atoms with van der Waals surface area (Å²) in [5.41, 5.74) is 0.560. The van der Waals surface area contributed by atoms with Crippen LogP contribution in [0.1, 0.15) is 11.1 Å². The number of hydrogen-bond donors (Lipinski definition) is 1. The number of phenolic OH excluding ortho intramolecular Hbond substituents is 1. The summed E-state index contributed by atoms with van der Waals surface area (Å²) in [5, 5.41) is 17.7. The van der Waals surface area contributed by atoms with E-state index in [1.807, 2.05) is 6.07 Å². The van der Waals surface area contributed by atoms with Crippen molar-refractivity contribution in [2.75, 3.05) is 0 Å². The van der Waals surface area contributed by atoms with E-state index in [-0.39, 0.29) is 11.3 Å². The fourth-order valence-corrected chi connectivity index (χ4v) is 0.750. The molecule has 0 aliphatic carbocycles. The molecule has 0 aliphatic rings. The molecule has 0 atom stereocenters. The van der Waals surface area contributed by atoms with Gasteiger partial charge in [0, 0.05) is 0 Å². The van der Waals surface area contributed by atoms with Gasteiger partial charge in [-0.1, -0.05) is 12.0 Å². The molecule has 0 saturated heterocycles. The van der Waals surface area contributed by atoms with Crippen molar-refractivity contribution in [2.24, 2.45) is 0 Å². The zero-order valence-electron chi connectivity index (χ0n) is 5.70. The minimum absolute atomic E-state index is 0.113. The van der Waals surface area contributed by atoms with Gasteiger partial charge in [-0.05, 0) is 12.1 Å². The highest BCUT2D eigenvalue weighted by molar-refractivity contribution is 5.53. The normalized spacial score (nSPS) is 8.18. The molecule has 0 unspecified atom stereocenters. The van der Waals surface area contributed by atoms with Gasteiger partial charge in [-0.3, -0.25) is 0 Å². The summed E-state index contributed by atoms with van der Waals surface area (Å²) in [6.45, 7) is 0. The number of nitrogens with zero attached hydrogens (tertiary/aromatic N) is 1. The van der Waals surface area contributed by atoms with Crippen molar-refractivity contribution in [3.05, 3.63) is 29.3 Å². The predicted octanol–water partition coefficient (Wildman–Crippen LogP) is 1.25. The molecule has 1 N–H and O–H groups in total. The molecule has 2 heteroatoms. The number of rotatable bonds is 0. The Bertz CT molecular complexity index is 323. The highest BCUT2D eigenvalue weighted by atomic mass is 16.3. The number of terminal acetylenes is 1. The summed E-state index contributed by atoms with van der Waals surface area (Å²) >= 11 is 0. The van der Waals surface area contributed by atoms with Crippen molar-refractivity contribution in [2.45, 2.75) is 0 Å². The van der Waals surface area contributed by atoms with Gasteiger partial charge in [-0.2, -0.15) is 5.26 Å². The highest BCUT2D eigenvalue weighted by Gasteiger charge is 2.02. The van der Waals surface area contributed by atoms with Crippen LogP contribution in [0.2, 0.25) is 0 Å². The van der Waals surface area contributed by atoms with E-state index in [0.717, 1.165) is 0 Å². The first-order valence-electron chi connectivity index (χ1n) is 2.98. The summed E-state index contributed by atoms with van der Waals surface area (Å²) in [7, 11) is 0. The molecule has 0 heterocycles. The van der Waals surface area contributed by atoms with Crippen LogP contribution in [-0.2, 0) is 0 Å². The first kappa shape index (κ1) is 7.18. The maximum atomic E-state index is 9.22. The molecule has 1 aromatic carbocycles. The standard InChI is InChI=1S/C9H5NO/c1-2-7-4-3-5-8(6-10)9(7)11/h1,3-5,11H. The third-order valence-corrected chi connectivity index (χ3v) is 1.31. The number of phenols is 1. The maximum absolute atomic E-state index is 9.22. The van der Waals surface area contributed by atoms with Crippen molar-refractivity contribution in [3.8, 4) is 24.2 Å². The molecular formula is C9H5NO. The van der Waals surface area contributed by atoms with Crippen molar-refractivity contribution in [1.82, 2.24) is 0 Å². The summed E-state index contributed by atoms with van der Waals surface area (Å²) < 4.78 is 0. The molecular weight excluding hydrogens is 138 g/mol. The van der Waals surface area contributed by atoms with Crippen molar-refractivity contribution in [1.29, 1.82) is 5.26 Å². The van der Waals surface area contributed by atoms with E-state index in [9.17, 15) is 5.11 Å². The molecule has 0 aromatic heterocycles. The van der Waals surface area contributed by atoms with Crippen LogP contribution in [0.5, 0.6) is 5.75 Å². The van der Waals surface area contributed by atoms with E-state index < -0.39 is 0 Å². The van der Waals surface area contributed by atoms with Crippen LogP contribution >= 0.6 is 0 Å². The molecule has 1 aromatic rings. The third kappa shape index (κ3) is 1.15. The van der Waals surface area contributed by atoms with E-state index in [1.54, 1.807) is 12.1 Å². The van der Waals surface area contributed by atoms with E-state index in [4.69, 9.17) is 11.7 Å². The van der Waals surface area contributed by atoms with Gasteiger partial charge >= 0.3 is 0 Å². The Morgan fingerprint density at radius 3 is 2.55 bits per heavy atom. The van der Waals surface area contributed by atoms with Crippen molar-refractivity contribution in [3.63, 3.8) is 0 Å². The quantitative estimate of drug-likeness (QED) is 0.555. The third-order valence-electron chi connectivity index (χ3n) is 1.31. The maximum Gasteiger partial charge on any atom is 0.148 e. The van der Waals surface area contributed by atoms with E-state index >= 15 is 0 Å². The molecule has 0 spiro atoms. The van der Waals surface area contributed by atoms with Gasteiger partial charge in [-0.25, -0.2) is 0 Å². The van der Waals surface area contributed by atoms with Gasteiger partial charge in [0.1, 0.15) is 11.8 Å². The Morgan fingerprint density at radius 2 is 2.00 bits per heavy atom. The van der Waals surface area contributed by atoms with Crippen LogP contribution in [0.4, 0.5) is 0 Å². The molecule has 0 aliphatic heterocycles. The molecule has 0 fully saturated rings. The van der Waals surface area contributed by atoms with E-state index in [1.165, 1.54) is 6.07 Å². The number of nitriles is 1. The first-order valence-corrected chi connectivity index (χ1v) is 2.98. The van der Waals surface area contributed by atoms with Crippen LogP contribution in [0.15, 0.2) is 18.2 Å². The molecule has 11 heavy (non-hydrogen) atoms. The topological polar surface area (TPSA) is 44.0 Å². The second kappa shape index (κ2) is 2.77. The summed E-state index contributed by atoms with van der Waals surface area (Å²) in [5.74, 6) is 2.16. The minimum atomic E-state index is -0.113. The Hall–Kier alpha value is -1.93. The van der Waals surface area contributed by atoms with Crippen molar-refractivity contribution < 1.29 is 5.11 Å². The SMILES string of the molecule is C#Cc1cccc(C#N)c1O. The van der Waals surface area contributed by atoms with Crippen molar-refractivity contribution >= 4 is 0 Å². The monoisotopic (exact) mass is 143 g/mol. The smallest absolute Gasteiger partial charge is 0.148 e. The number of aromatic hydroxyl groups is 1. The number of benzene rings is 1. The number of para-hydroxylation sites is 1. The second-order valence-electron chi connectivity index (χ2n) is 1.96. The van der Waals surface area contributed by atoms with Gasteiger partial charge < -0.3 is 5.11 Å². The van der Waals surface area contributed by atoms with Crippen LogP contribution in [-0.4, -0.2) is 5.11 Å². The largest absolute Gasteiger partial charge is 0.505 e. The van der Waals surface area contributed by atoms with Gasteiger partial charge in [0.15, 0.2) is 0 Å². The van der Waals surface area contributed by atoms with Gasteiger partial charge in [0.05, 0.1) is 11.1 Å². The Labute approximate surface area is 64.7 Å². The highest BCUT2D eigenvalue weighted by Crippen LogP contribution is 2.19. The zero-order valence-corrected chi connectivity index (χ0v) is 5.70. The fraction of sp³-hybridized carbons (Fsp3) is 0. The lowest BCUT2D eigenvalue weighted by Crippen LogP contribution is -1.80.